The van der Waals surface area contributed by atoms with Crippen LogP contribution in [0.2, 0.25) is 0 Å². The van der Waals surface area contributed by atoms with E-state index >= 15 is 0 Å². The number of amides is 1. The van der Waals surface area contributed by atoms with Gasteiger partial charge in [0.2, 0.25) is 5.91 Å². The van der Waals surface area contributed by atoms with Gasteiger partial charge in [0, 0.05) is 19.5 Å². The molecular formula is C13H25ClN2O. The Morgan fingerprint density at radius 2 is 2.00 bits per heavy atom. The highest BCUT2D eigenvalue weighted by Gasteiger charge is 2.23. The Morgan fingerprint density at radius 3 is 2.59 bits per heavy atom. The van der Waals surface area contributed by atoms with Crippen molar-refractivity contribution < 1.29 is 4.79 Å². The highest BCUT2D eigenvalue weighted by molar-refractivity contribution is 5.85. The lowest BCUT2D eigenvalue weighted by Crippen LogP contribution is -2.31. The van der Waals surface area contributed by atoms with Gasteiger partial charge >= 0.3 is 0 Å². The first-order valence-electron chi connectivity index (χ1n) is 6.74. The van der Waals surface area contributed by atoms with Crippen LogP contribution in [0.3, 0.4) is 0 Å². The van der Waals surface area contributed by atoms with Crippen molar-refractivity contribution in [1.29, 1.82) is 0 Å². The van der Waals surface area contributed by atoms with E-state index in [4.69, 9.17) is 0 Å². The Balaban J connectivity index is 0.00000144. The molecule has 2 aliphatic rings. The molecule has 1 unspecified atom stereocenters. The summed E-state index contributed by atoms with van der Waals surface area (Å²) in [5.74, 6) is 1.89. The first kappa shape index (κ1) is 14.8. The second-order valence-corrected chi connectivity index (χ2v) is 5.47. The van der Waals surface area contributed by atoms with E-state index in [1.165, 1.54) is 19.3 Å². The molecule has 0 aromatic carbocycles. The molecule has 1 atom stereocenters. The Bertz CT molecular complexity index is 242. The second kappa shape index (κ2) is 7.22. The van der Waals surface area contributed by atoms with Crippen molar-refractivity contribution in [3.05, 3.63) is 0 Å². The number of carbonyl (C=O) groups is 1. The number of halogens is 1. The zero-order valence-corrected chi connectivity index (χ0v) is 11.6. The van der Waals surface area contributed by atoms with E-state index in [0.29, 0.717) is 11.8 Å². The van der Waals surface area contributed by atoms with Crippen LogP contribution in [-0.4, -0.2) is 37.0 Å². The van der Waals surface area contributed by atoms with E-state index in [1.54, 1.807) is 0 Å². The minimum absolute atomic E-state index is 0. The maximum Gasteiger partial charge on any atom is 0.222 e. The van der Waals surface area contributed by atoms with Gasteiger partial charge in [0.1, 0.15) is 0 Å². The molecule has 0 saturated carbocycles. The number of piperidine rings is 1. The Morgan fingerprint density at radius 1 is 1.29 bits per heavy atom. The lowest BCUT2D eigenvalue weighted by atomic mass is 9.93. The Labute approximate surface area is 111 Å². The van der Waals surface area contributed by atoms with E-state index in [-0.39, 0.29) is 12.4 Å². The average molecular weight is 261 g/mol. The molecule has 0 aliphatic carbocycles. The third kappa shape index (κ3) is 4.47. The Kier molecular flexibility index (Phi) is 6.28. The van der Waals surface area contributed by atoms with Crippen LogP contribution in [-0.2, 0) is 4.79 Å². The maximum atomic E-state index is 11.9. The molecule has 2 aliphatic heterocycles. The maximum absolute atomic E-state index is 11.9. The summed E-state index contributed by atoms with van der Waals surface area (Å²) in [7, 11) is 0. The summed E-state index contributed by atoms with van der Waals surface area (Å²) in [6, 6.07) is 0. The van der Waals surface area contributed by atoms with Crippen LogP contribution < -0.4 is 5.32 Å². The van der Waals surface area contributed by atoms with Crippen molar-refractivity contribution in [3.63, 3.8) is 0 Å². The standard InChI is InChI=1S/C13H24N2O.ClH/c1-11-6-9-15(10-11)13(16)3-2-12-4-7-14-8-5-12;/h11-12,14H,2-10H2,1H3;1H. The van der Waals surface area contributed by atoms with Gasteiger partial charge in [-0.2, -0.15) is 0 Å². The van der Waals surface area contributed by atoms with E-state index in [1.807, 2.05) is 0 Å². The largest absolute Gasteiger partial charge is 0.342 e. The molecule has 100 valence electrons. The summed E-state index contributed by atoms with van der Waals surface area (Å²) in [5, 5.41) is 3.37. The lowest BCUT2D eigenvalue weighted by molar-refractivity contribution is -0.130. The number of hydrogen-bond donors (Lipinski definition) is 1. The van der Waals surface area contributed by atoms with Gasteiger partial charge in [0.15, 0.2) is 0 Å². The molecule has 1 amide bonds. The minimum atomic E-state index is 0. The van der Waals surface area contributed by atoms with Crippen LogP contribution in [0.5, 0.6) is 0 Å². The summed E-state index contributed by atoms with van der Waals surface area (Å²) in [6.07, 6.45) is 5.58. The number of carbonyl (C=O) groups excluding carboxylic acids is 1. The van der Waals surface area contributed by atoms with E-state index in [9.17, 15) is 4.79 Å². The molecule has 3 nitrogen and oxygen atoms in total. The zero-order valence-electron chi connectivity index (χ0n) is 10.8. The number of rotatable bonds is 3. The SMILES string of the molecule is CC1CCN(C(=O)CCC2CCNCC2)C1.Cl. The Hall–Kier alpha value is -0.280. The highest BCUT2D eigenvalue weighted by atomic mass is 35.5. The monoisotopic (exact) mass is 260 g/mol. The van der Waals surface area contributed by atoms with Gasteiger partial charge in [-0.15, -0.1) is 12.4 Å². The van der Waals surface area contributed by atoms with Gasteiger partial charge in [-0.1, -0.05) is 6.92 Å². The number of hydrogen-bond acceptors (Lipinski definition) is 2. The number of likely N-dealkylation sites (tertiary alicyclic amines) is 1. The van der Waals surface area contributed by atoms with Gasteiger partial charge in [-0.05, 0) is 50.6 Å². The first-order valence-corrected chi connectivity index (χ1v) is 6.74. The number of nitrogens with one attached hydrogen (secondary N) is 1. The van der Waals surface area contributed by atoms with E-state index < -0.39 is 0 Å². The smallest absolute Gasteiger partial charge is 0.222 e. The summed E-state index contributed by atoms with van der Waals surface area (Å²) >= 11 is 0. The summed E-state index contributed by atoms with van der Waals surface area (Å²) in [5.41, 5.74) is 0. The fourth-order valence-electron chi connectivity index (χ4n) is 2.82. The normalized spacial score (nSPS) is 25.7. The topological polar surface area (TPSA) is 32.3 Å². The predicted octanol–water partition coefficient (Wildman–Crippen LogP) is 2.06. The van der Waals surface area contributed by atoms with Crippen LogP contribution in [0.1, 0.15) is 39.0 Å². The molecule has 4 heteroatoms. The minimum Gasteiger partial charge on any atom is -0.342 e. The third-order valence-electron chi connectivity index (χ3n) is 4.00. The van der Waals surface area contributed by atoms with Crippen molar-refractivity contribution in [1.82, 2.24) is 10.2 Å². The van der Waals surface area contributed by atoms with Crippen LogP contribution >= 0.6 is 12.4 Å². The van der Waals surface area contributed by atoms with E-state index in [2.05, 4.69) is 17.1 Å². The molecule has 0 bridgehead atoms. The van der Waals surface area contributed by atoms with Gasteiger partial charge in [-0.25, -0.2) is 0 Å². The third-order valence-corrected chi connectivity index (χ3v) is 4.00. The molecule has 0 spiro atoms. The average Bonchev–Trinajstić information content (AvgIpc) is 2.74. The van der Waals surface area contributed by atoms with Crippen LogP contribution in [0.25, 0.3) is 0 Å². The second-order valence-electron chi connectivity index (χ2n) is 5.47. The molecule has 2 fully saturated rings. The summed E-state index contributed by atoms with van der Waals surface area (Å²) in [6.45, 7) is 6.50. The lowest BCUT2D eigenvalue weighted by Gasteiger charge is -2.23. The molecule has 2 rings (SSSR count). The van der Waals surface area contributed by atoms with Crippen LogP contribution in [0.4, 0.5) is 0 Å². The summed E-state index contributed by atoms with van der Waals surface area (Å²) in [4.78, 5) is 14.0. The molecular weight excluding hydrogens is 236 g/mol. The molecule has 17 heavy (non-hydrogen) atoms. The van der Waals surface area contributed by atoms with Crippen LogP contribution in [0.15, 0.2) is 0 Å². The quantitative estimate of drug-likeness (QED) is 0.843. The van der Waals surface area contributed by atoms with E-state index in [0.717, 1.165) is 44.9 Å². The number of nitrogens with zero attached hydrogens (tertiary/aromatic N) is 1. The van der Waals surface area contributed by atoms with Gasteiger partial charge in [0.05, 0.1) is 0 Å². The zero-order chi connectivity index (χ0) is 11.4. The summed E-state index contributed by atoms with van der Waals surface area (Å²) < 4.78 is 0. The fourth-order valence-corrected chi connectivity index (χ4v) is 2.82. The van der Waals surface area contributed by atoms with Crippen molar-refractivity contribution in [2.75, 3.05) is 26.2 Å². The van der Waals surface area contributed by atoms with Gasteiger partial charge in [0.25, 0.3) is 0 Å². The molecule has 2 saturated heterocycles. The van der Waals surface area contributed by atoms with Crippen molar-refractivity contribution in [2.45, 2.75) is 39.0 Å². The molecule has 0 aromatic heterocycles. The fraction of sp³-hybridized carbons (Fsp3) is 0.923. The van der Waals surface area contributed by atoms with Gasteiger partial charge < -0.3 is 10.2 Å². The van der Waals surface area contributed by atoms with Crippen molar-refractivity contribution in [2.24, 2.45) is 11.8 Å². The van der Waals surface area contributed by atoms with Crippen molar-refractivity contribution in [3.8, 4) is 0 Å². The molecule has 0 radical (unpaired) electrons. The van der Waals surface area contributed by atoms with Crippen molar-refractivity contribution >= 4 is 18.3 Å². The molecule has 1 N–H and O–H groups in total. The van der Waals surface area contributed by atoms with Gasteiger partial charge in [-0.3, -0.25) is 4.79 Å². The molecule has 2 heterocycles. The highest BCUT2D eigenvalue weighted by Crippen LogP contribution is 2.21. The van der Waals surface area contributed by atoms with Crippen LogP contribution in [0, 0.1) is 11.8 Å². The predicted molar refractivity (Wildman–Crippen MR) is 72.4 cm³/mol. The molecule has 0 aromatic rings. The first-order chi connectivity index (χ1) is 7.75.